The second kappa shape index (κ2) is 36.5. The van der Waals surface area contributed by atoms with Gasteiger partial charge in [0.1, 0.15) is 12.2 Å². The standard InChI is InChI=1S/C46H89NO6/c1-4-7-10-13-16-19-22-25-28-31-34-37-43(49)47-41-39-52-42(38-48)44(50)45(41)53-46(51)40(35-32-29-26-23-20-17-14-11-8-5-2)36-33-30-27-24-21-18-15-12-9-6-3/h40-42,44-45,48,50H,4-39H2,1-3H3,(H,47,49)/t41-,42+,44+,45+/m0/s1/i/hD. The monoisotopic (exact) mass is 753 g/mol. The molecule has 1 aliphatic rings. The molecule has 3 N–H and O–H groups in total. The van der Waals surface area contributed by atoms with E-state index in [0.717, 1.165) is 56.7 Å². The summed E-state index contributed by atoms with van der Waals surface area (Å²) < 4.78 is 20.5. The molecule has 7 heteroatoms. The summed E-state index contributed by atoms with van der Waals surface area (Å²) in [7, 11) is 0. The van der Waals surface area contributed by atoms with Gasteiger partial charge in [0.2, 0.25) is 5.91 Å². The Labute approximate surface area is 329 Å². The number of hydrogen-bond acceptors (Lipinski definition) is 6. The van der Waals surface area contributed by atoms with Crippen molar-refractivity contribution in [3.8, 4) is 0 Å². The summed E-state index contributed by atoms with van der Waals surface area (Å²) in [5, 5.41) is 22.0. The van der Waals surface area contributed by atoms with E-state index in [0.29, 0.717) is 6.42 Å². The van der Waals surface area contributed by atoms with E-state index in [1.54, 1.807) is 0 Å². The molecule has 0 aromatic rings. The van der Waals surface area contributed by atoms with Gasteiger partial charge in [0.25, 0.3) is 0 Å². The molecule has 1 rings (SSSR count). The average molecular weight is 753 g/mol. The number of nitrogens with one attached hydrogen (secondary N) is 1. The first-order valence-corrected chi connectivity index (χ1v) is 23.3. The van der Waals surface area contributed by atoms with Gasteiger partial charge in [-0.3, -0.25) is 9.59 Å². The molecule has 0 saturated carbocycles. The number of amides is 1. The van der Waals surface area contributed by atoms with Gasteiger partial charge in [0, 0.05) is 6.42 Å². The van der Waals surface area contributed by atoms with E-state index in [1.165, 1.54) is 154 Å². The molecule has 1 saturated heterocycles. The van der Waals surface area contributed by atoms with Crippen molar-refractivity contribution in [2.75, 3.05) is 13.2 Å². The van der Waals surface area contributed by atoms with Crippen LogP contribution in [0.15, 0.2) is 0 Å². The van der Waals surface area contributed by atoms with Gasteiger partial charge in [-0.25, -0.2) is 0 Å². The van der Waals surface area contributed by atoms with Crippen LogP contribution >= 0.6 is 0 Å². The van der Waals surface area contributed by atoms with Crippen molar-refractivity contribution in [3.05, 3.63) is 0 Å². The molecule has 1 aliphatic heterocycles. The Bertz CT molecular complexity index is 837. The second-order valence-corrected chi connectivity index (χ2v) is 16.5. The number of aliphatic hydroxyl groups is 2. The first-order valence-electron chi connectivity index (χ1n) is 23.8. The fourth-order valence-electron chi connectivity index (χ4n) is 7.83. The molecule has 0 aliphatic carbocycles. The lowest BCUT2D eigenvalue weighted by Gasteiger charge is -2.39. The van der Waals surface area contributed by atoms with Crippen LogP contribution in [0, 0.1) is 5.92 Å². The van der Waals surface area contributed by atoms with Gasteiger partial charge >= 0.3 is 5.97 Å². The Morgan fingerprint density at radius 1 is 0.623 bits per heavy atom. The summed E-state index contributed by atoms with van der Waals surface area (Å²) in [5.74, 6) is -0.967. The average Bonchev–Trinajstić information content (AvgIpc) is 3.17. The Morgan fingerprint density at radius 3 is 1.36 bits per heavy atom. The van der Waals surface area contributed by atoms with Crippen LogP contribution in [-0.4, -0.2) is 59.7 Å². The predicted octanol–water partition coefficient (Wildman–Crippen LogP) is 12.1. The van der Waals surface area contributed by atoms with Crippen molar-refractivity contribution < 1.29 is 30.7 Å². The normalized spacial score (nSPS) is 19.1. The minimum Gasteiger partial charge on any atom is -0.457 e. The van der Waals surface area contributed by atoms with Gasteiger partial charge in [0.15, 0.2) is 7.52 Å². The van der Waals surface area contributed by atoms with E-state index in [1.807, 2.05) is 0 Å². The number of hydrogen-bond donors (Lipinski definition) is 3. The van der Waals surface area contributed by atoms with Crippen molar-refractivity contribution >= 4 is 11.9 Å². The molecular formula is C46H89NO6. The van der Waals surface area contributed by atoms with Gasteiger partial charge in [-0.05, 0) is 19.3 Å². The van der Waals surface area contributed by atoms with Gasteiger partial charge in [0.05, 0.1) is 25.2 Å². The summed E-state index contributed by atoms with van der Waals surface area (Å²) in [6.45, 7) is 6.26. The fourth-order valence-corrected chi connectivity index (χ4v) is 7.83. The highest BCUT2D eigenvalue weighted by molar-refractivity contribution is 5.76. The third-order valence-electron chi connectivity index (χ3n) is 11.5. The molecule has 7 nitrogen and oxygen atoms in total. The van der Waals surface area contributed by atoms with E-state index in [2.05, 4.69) is 20.8 Å². The van der Waals surface area contributed by atoms with E-state index in [4.69, 9.17) is 10.9 Å². The van der Waals surface area contributed by atoms with Crippen molar-refractivity contribution in [2.45, 2.75) is 263 Å². The lowest BCUT2D eigenvalue weighted by atomic mass is 9.93. The molecule has 0 aromatic heterocycles. The minimum atomic E-state index is -1.31. The molecule has 1 heterocycles. The topological polar surface area (TPSA) is 105 Å². The summed E-state index contributed by atoms with van der Waals surface area (Å²) in [6, 6.07) is -0.915. The number of aliphatic hydroxyl groups excluding tert-OH is 2. The van der Waals surface area contributed by atoms with Gasteiger partial charge in [-0.1, -0.05) is 213 Å². The van der Waals surface area contributed by atoms with E-state index in [-0.39, 0.29) is 30.8 Å². The molecule has 0 unspecified atom stereocenters. The van der Waals surface area contributed by atoms with Crippen LogP contribution in [0.5, 0.6) is 0 Å². The van der Waals surface area contributed by atoms with Gasteiger partial charge < -0.3 is 25.0 Å². The van der Waals surface area contributed by atoms with Crippen LogP contribution in [0.3, 0.4) is 0 Å². The lowest BCUT2D eigenvalue weighted by Crippen LogP contribution is -2.61. The summed E-state index contributed by atoms with van der Waals surface area (Å²) in [6.07, 6.45) is 36.2. The molecule has 0 bridgehead atoms. The number of ether oxygens (including phenoxy) is 2. The van der Waals surface area contributed by atoms with Crippen LogP contribution in [0.4, 0.5) is 0 Å². The zero-order chi connectivity index (χ0) is 39.5. The first kappa shape index (κ1) is 48.0. The molecular weight excluding hydrogens is 663 g/mol. The molecule has 0 radical (unpaired) electrons. The minimum absolute atomic E-state index is 0.0602. The van der Waals surface area contributed by atoms with Crippen molar-refractivity contribution in [2.24, 2.45) is 5.92 Å². The van der Waals surface area contributed by atoms with E-state index < -0.39 is 31.0 Å². The number of carbonyl (C=O) groups excluding carboxylic acids is 2. The molecule has 0 aromatic carbocycles. The fraction of sp³-hybridized carbons (Fsp3) is 0.957. The highest BCUT2D eigenvalue weighted by Crippen LogP contribution is 2.25. The Morgan fingerprint density at radius 2 is 0.981 bits per heavy atom. The van der Waals surface area contributed by atoms with Crippen molar-refractivity contribution in [1.82, 2.24) is 5.31 Å². The largest absolute Gasteiger partial charge is 0.457 e. The van der Waals surface area contributed by atoms with Crippen molar-refractivity contribution in [1.29, 1.82) is 0 Å². The molecule has 1 amide bonds. The third-order valence-corrected chi connectivity index (χ3v) is 11.5. The Balaban J connectivity index is 2.68. The Kier molecular flexibility index (Phi) is 33.0. The highest BCUT2D eigenvalue weighted by Gasteiger charge is 2.43. The number of carbonyl (C=O) groups is 2. The van der Waals surface area contributed by atoms with Crippen LogP contribution in [0.1, 0.15) is 239 Å². The maximum atomic E-state index is 13.9. The lowest BCUT2D eigenvalue weighted by molar-refractivity contribution is -0.194. The Hall–Kier alpha value is -1.18. The smallest absolute Gasteiger partial charge is 0.309 e. The maximum absolute atomic E-state index is 13.9. The number of rotatable bonds is 38. The van der Waals surface area contributed by atoms with Gasteiger partial charge in [-0.15, -0.1) is 0 Å². The van der Waals surface area contributed by atoms with Crippen molar-refractivity contribution in [3.63, 3.8) is 0 Å². The zero-order valence-corrected chi connectivity index (χ0v) is 35.3. The van der Waals surface area contributed by atoms with E-state index >= 15 is 0 Å². The van der Waals surface area contributed by atoms with E-state index in [9.17, 15) is 19.8 Å². The van der Waals surface area contributed by atoms with Gasteiger partial charge in [-0.2, -0.15) is 0 Å². The molecule has 53 heavy (non-hydrogen) atoms. The predicted molar refractivity (Wildman–Crippen MR) is 222 cm³/mol. The van der Waals surface area contributed by atoms with Crippen LogP contribution in [0.25, 0.3) is 0 Å². The summed E-state index contributed by atoms with van der Waals surface area (Å²) in [4.78, 5) is 27.0. The van der Waals surface area contributed by atoms with Crippen LogP contribution in [-0.2, 0) is 19.1 Å². The molecule has 314 valence electrons. The molecule has 0 spiro atoms. The summed E-state index contributed by atoms with van der Waals surface area (Å²) >= 11 is 0. The first-order chi connectivity index (χ1) is 26.4. The highest BCUT2D eigenvalue weighted by atomic mass is 16.6. The second-order valence-electron chi connectivity index (χ2n) is 16.5. The third kappa shape index (κ3) is 27.1. The molecule has 1 fully saturated rings. The summed E-state index contributed by atoms with van der Waals surface area (Å²) in [5.41, 5.74) is 0. The quantitative estimate of drug-likeness (QED) is 0.0428. The SMILES string of the molecule is [2H]N(C(=O)CCCCCCCCCCCCC)[C@H]1CO[C@H](CO)[C@@H](O)[C@@H]1OC(=O)C(CCCCCCCCCCCC)CCCCCCCCCCCC. The van der Waals surface area contributed by atoms with Crippen LogP contribution < -0.4 is 5.31 Å². The maximum Gasteiger partial charge on any atom is 0.309 e. The number of esters is 1. The zero-order valence-electron chi connectivity index (χ0n) is 36.3. The van der Waals surface area contributed by atoms with Crippen LogP contribution in [0.2, 0.25) is 1.41 Å². The number of unbranched alkanes of at least 4 members (excludes halogenated alkanes) is 28. The molecule has 4 atom stereocenters.